The van der Waals surface area contributed by atoms with Gasteiger partial charge in [-0.25, -0.2) is 4.18 Å². The van der Waals surface area contributed by atoms with Crippen molar-refractivity contribution < 1.29 is 17.2 Å². The van der Waals surface area contributed by atoms with Crippen LogP contribution in [0.4, 0.5) is 0 Å². The average Bonchev–Trinajstić information content (AvgIpc) is 2.32. The minimum absolute atomic E-state index is 0.0751. The SMILES string of the molecule is CCCCC(C)CCCCCC(C)COS(=O)(=O)O. The van der Waals surface area contributed by atoms with Gasteiger partial charge in [0.15, 0.2) is 0 Å². The maximum atomic E-state index is 10.4. The van der Waals surface area contributed by atoms with Crippen LogP contribution >= 0.6 is 0 Å². The molecule has 0 bridgehead atoms. The van der Waals surface area contributed by atoms with Crippen LogP contribution in [0.15, 0.2) is 0 Å². The van der Waals surface area contributed by atoms with Gasteiger partial charge < -0.3 is 0 Å². The van der Waals surface area contributed by atoms with Gasteiger partial charge in [0.05, 0.1) is 6.61 Å². The van der Waals surface area contributed by atoms with Crippen LogP contribution in [0.2, 0.25) is 0 Å². The molecule has 0 aromatic heterocycles. The van der Waals surface area contributed by atoms with Crippen LogP contribution in [0.1, 0.15) is 72.1 Å². The molecule has 0 aliphatic rings. The smallest absolute Gasteiger partial charge is 0.264 e. The molecule has 0 aliphatic carbocycles. The molecule has 0 fully saturated rings. The van der Waals surface area contributed by atoms with Crippen molar-refractivity contribution in [3.63, 3.8) is 0 Å². The van der Waals surface area contributed by atoms with Gasteiger partial charge in [0, 0.05) is 0 Å². The van der Waals surface area contributed by atoms with Gasteiger partial charge in [-0.3, -0.25) is 4.55 Å². The van der Waals surface area contributed by atoms with Gasteiger partial charge in [-0.2, -0.15) is 8.42 Å². The van der Waals surface area contributed by atoms with E-state index in [2.05, 4.69) is 18.0 Å². The third kappa shape index (κ3) is 14.1. The van der Waals surface area contributed by atoms with E-state index in [1.807, 2.05) is 6.92 Å². The molecule has 0 aromatic rings. The highest BCUT2D eigenvalue weighted by atomic mass is 32.3. The third-order valence-electron chi connectivity index (χ3n) is 3.45. The summed E-state index contributed by atoms with van der Waals surface area (Å²) in [6, 6.07) is 0. The fourth-order valence-corrected chi connectivity index (χ4v) is 2.55. The summed E-state index contributed by atoms with van der Waals surface area (Å²) in [5, 5.41) is 0. The van der Waals surface area contributed by atoms with Crippen molar-refractivity contribution in [2.75, 3.05) is 6.61 Å². The Morgan fingerprint density at radius 3 is 2.00 bits per heavy atom. The van der Waals surface area contributed by atoms with E-state index < -0.39 is 10.4 Å². The van der Waals surface area contributed by atoms with Crippen LogP contribution in [-0.4, -0.2) is 19.6 Å². The Kier molecular flexibility index (Phi) is 10.6. The predicted octanol–water partition coefficient (Wildman–Crippen LogP) is 4.22. The first-order chi connectivity index (χ1) is 8.85. The molecule has 0 radical (unpaired) electrons. The van der Waals surface area contributed by atoms with Gasteiger partial charge in [-0.05, 0) is 18.3 Å². The van der Waals surface area contributed by atoms with Crippen molar-refractivity contribution in [3.8, 4) is 0 Å². The van der Waals surface area contributed by atoms with Gasteiger partial charge in [0.25, 0.3) is 0 Å². The summed E-state index contributed by atoms with van der Waals surface area (Å²) in [6.07, 6.45) is 9.69. The maximum Gasteiger partial charge on any atom is 0.397 e. The lowest BCUT2D eigenvalue weighted by molar-refractivity contribution is 0.222. The van der Waals surface area contributed by atoms with Crippen LogP contribution in [0.3, 0.4) is 0 Å². The zero-order valence-corrected chi connectivity index (χ0v) is 13.4. The molecule has 0 heterocycles. The number of hydrogen-bond donors (Lipinski definition) is 1. The van der Waals surface area contributed by atoms with E-state index in [-0.39, 0.29) is 12.5 Å². The Morgan fingerprint density at radius 2 is 1.47 bits per heavy atom. The highest BCUT2D eigenvalue weighted by Crippen LogP contribution is 2.17. The summed E-state index contributed by atoms with van der Waals surface area (Å²) in [4.78, 5) is 0. The third-order valence-corrected chi connectivity index (χ3v) is 3.88. The Labute approximate surface area is 118 Å². The predicted molar refractivity (Wildman–Crippen MR) is 78.4 cm³/mol. The normalized spacial score (nSPS) is 15.4. The Bertz CT molecular complexity index is 301. The molecular weight excluding hydrogens is 264 g/mol. The monoisotopic (exact) mass is 294 g/mol. The summed E-state index contributed by atoms with van der Waals surface area (Å²) in [5.74, 6) is 0.986. The van der Waals surface area contributed by atoms with Gasteiger partial charge in [0.1, 0.15) is 0 Å². The topological polar surface area (TPSA) is 63.6 Å². The molecule has 4 nitrogen and oxygen atoms in total. The molecule has 2 unspecified atom stereocenters. The van der Waals surface area contributed by atoms with Crippen LogP contribution in [0.25, 0.3) is 0 Å². The summed E-state index contributed by atoms with van der Waals surface area (Å²) in [7, 11) is -4.27. The highest BCUT2D eigenvalue weighted by molar-refractivity contribution is 7.80. The summed E-state index contributed by atoms with van der Waals surface area (Å²) >= 11 is 0. The zero-order valence-electron chi connectivity index (χ0n) is 12.6. The van der Waals surface area contributed by atoms with Crippen molar-refractivity contribution in [1.82, 2.24) is 0 Å². The van der Waals surface area contributed by atoms with Crippen LogP contribution in [0, 0.1) is 11.8 Å². The molecule has 116 valence electrons. The van der Waals surface area contributed by atoms with Gasteiger partial charge >= 0.3 is 10.4 Å². The second-order valence-corrected chi connectivity index (χ2v) is 6.79. The Morgan fingerprint density at radius 1 is 0.947 bits per heavy atom. The molecule has 5 heteroatoms. The second kappa shape index (κ2) is 10.6. The standard InChI is InChI=1S/C14H30O4S/c1-4-5-9-13(2)10-7-6-8-11-14(3)12-18-19(15,16)17/h13-14H,4-12H2,1-3H3,(H,15,16,17). The minimum atomic E-state index is -4.27. The van der Waals surface area contributed by atoms with Crippen molar-refractivity contribution in [2.24, 2.45) is 11.8 Å². The lowest BCUT2D eigenvalue weighted by Crippen LogP contribution is -2.11. The van der Waals surface area contributed by atoms with Crippen molar-refractivity contribution in [3.05, 3.63) is 0 Å². The lowest BCUT2D eigenvalue weighted by atomic mass is 9.96. The first kappa shape index (κ1) is 18.9. The highest BCUT2D eigenvalue weighted by Gasteiger charge is 2.09. The molecule has 2 atom stereocenters. The maximum absolute atomic E-state index is 10.4. The average molecular weight is 294 g/mol. The van der Waals surface area contributed by atoms with E-state index in [0.717, 1.165) is 18.8 Å². The van der Waals surface area contributed by atoms with E-state index in [9.17, 15) is 8.42 Å². The summed E-state index contributed by atoms with van der Waals surface area (Å²) in [5.41, 5.74) is 0. The van der Waals surface area contributed by atoms with Gasteiger partial charge in [-0.15, -0.1) is 0 Å². The second-order valence-electron chi connectivity index (χ2n) is 5.70. The molecule has 0 amide bonds. The van der Waals surface area contributed by atoms with Crippen molar-refractivity contribution in [2.45, 2.75) is 72.1 Å². The molecule has 0 saturated heterocycles. The zero-order chi connectivity index (χ0) is 14.7. The van der Waals surface area contributed by atoms with E-state index in [1.54, 1.807) is 0 Å². The minimum Gasteiger partial charge on any atom is -0.264 e. The van der Waals surface area contributed by atoms with E-state index in [0.29, 0.717) is 0 Å². The summed E-state index contributed by atoms with van der Waals surface area (Å²) < 4.78 is 33.6. The van der Waals surface area contributed by atoms with Crippen LogP contribution in [-0.2, 0) is 14.6 Å². The van der Waals surface area contributed by atoms with E-state index >= 15 is 0 Å². The number of hydrogen-bond acceptors (Lipinski definition) is 3. The molecule has 1 N–H and O–H groups in total. The summed E-state index contributed by atoms with van der Waals surface area (Å²) in [6.45, 7) is 6.56. The molecule has 0 saturated carbocycles. The molecule has 0 rings (SSSR count). The molecule has 0 spiro atoms. The van der Waals surface area contributed by atoms with Crippen LogP contribution < -0.4 is 0 Å². The van der Waals surface area contributed by atoms with Crippen LogP contribution in [0.5, 0.6) is 0 Å². The molecule has 19 heavy (non-hydrogen) atoms. The Hall–Kier alpha value is -0.130. The van der Waals surface area contributed by atoms with E-state index in [4.69, 9.17) is 4.55 Å². The largest absolute Gasteiger partial charge is 0.397 e. The number of unbranched alkanes of at least 4 members (excludes halogenated alkanes) is 3. The van der Waals surface area contributed by atoms with Crippen molar-refractivity contribution >= 4 is 10.4 Å². The molecule has 0 aromatic carbocycles. The Balaban J connectivity index is 3.43. The fraction of sp³-hybridized carbons (Fsp3) is 1.00. The van der Waals surface area contributed by atoms with Crippen molar-refractivity contribution in [1.29, 1.82) is 0 Å². The molecular formula is C14H30O4S. The fourth-order valence-electron chi connectivity index (χ4n) is 2.14. The van der Waals surface area contributed by atoms with Gasteiger partial charge in [0.2, 0.25) is 0 Å². The van der Waals surface area contributed by atoms with Gasteiger partial charge in [-0.1, -0.05) is 65.7 Å². The first-order valence-corrected chi connectivity index (χ1v) is 8.83. The lowest BCUT2D eigenvalue weighted by Gasteiger charge is -2.12. The first-order valence-electron chi connectivity index (χ1n) is 7.47. The number of rotatable bonds is 12. The van der Waals surface area contributed by atoms with E-state index in [1.165, 1.54) is 38.5 Å². The quantitative estimate of drug-likeness (QED) is 0.432. The molecule has 0 aliphatic heterocycles.